The van der Waals surface area contributed by atoms with Gasteiger partial charge in [-0.25, -0.2) is 4.57 Å². The first-order chi connectivity index (χ1) is 65.0. The van der Waals surface area contributed by atoms with E-state index in [9.17, 15) is 127 Å². The van der Waals surface area contributed by atoms with Crippen molar-refractivity contribution in [3.05, 3.63) is 71.8 Å². The number of aliphatic hydroxyl groups is 4. The number of nitrogens with zero attached hydrogens (tertiary/aromatic N) is 15. The normalized spacial score (nSPS) is 19.0. The Bertz CT molecular complexity index is 3890. The van der Waals surface area contributed by atoms with Crippen molar-refractivity contribution in [3.63, 3.8) is 0 Å². The van der Waals surface area contributed by atoms with Gasteiger partial charge in [-0.2, -0.15) is 0 Å². The summed E-state index contributed by atoms with van der Waals surface area (Å²) in [5, 5.41) is 177. The van der Waals surface area contributed by atoms with Gasteiger partial charge in [0, 0.05) is 195 Å². The molecule has 53 nitrogen and oxygen atoms in total. The van der Waals surface area contributed by atoms with Gasteiger partial charge in [-0.1, -0.05) is 60.7 Å². The van der Waals surface area contributed by atoms with E-state index in [0.717, 1.165) is 20.9 Å². The lowest BCUT2D eigenvalue weighted by atomic mass is 9.65. The molecule has 3 heterocycles. The fourth-order valence-corrected chi connectivity index (χ4v) is 17.1. The number of phosphoric ester groups is 1. The predicted octanol–water partition coefficient (Wildman–Crippen LogP) is -6.69. The van der Waals surface area contributed by atoms with Gasteiger partial charge < -0.3 is 102 Å². The van der Waals surface area contributed by atoms with Crippen molar-refractivity contribution in [1.29, 1.82) is 0 Å². The smallest absolute Gasteiger partial charge is 0.472 e. The number of carboxylic acids is 15. The molecular formula is C84H138N15O38P. The van der Waals surface area contributed by atoms with E-state index in [1.54, 1.807) is 60.8 Å². The SMILES string of the molecule is CC(O)CN1CCN(CC(=O)O)CCN(CC(=O)O)CCN(CC(=O)O)CC1.O=C(O)CN(CCN(CC(=O)O)CC(COP(=O)(O)OC1CCC(c2ccccc2)(c2ccccc2)CC1)N(CC(=O)O)CC(=O)O)CC(=O)O.O=C(O)CN1CCN(CC(=O)O)CCN(C(CO)C(O)CO)CCN(CC(=O)O)CC1.O=C(O)CN1CCN(CC(=O)O)CCN(CC(=O)O)CCN(CC(=O)O)CC1. The van der Waals surface area contributed by atoms with Crippen molar-refractivity contribution >= 4 is 97.4 Å². The summed E-state index contributed by atoms with van der Waals surface area (Å²) in [6, 6.07) is 17.7. The summed E-state index contributed by atoms with van der Waals surface area (Å²) in [4.78, 5) is 203. The average Bonchev–Trinajstić information content (AvgIpc) is 0.766. The lowest BCUT2D eigenvalue weighted by Crippen LogP contribution is -2.54. The van der Waals surface area contributed by atoms with Crippen LogP contribution in [-0.4, -0.2) is 597 Å². The zero-order valence-corrected chi connectivity index (χ0v) is 78.4. The molecule has 1 saturated carbocycles. The molecule has 1 aliphatic carbocycles. The molecule has 3 saturated heterocycles. The highest BCUT2D eigenvalue weighted by atomic mass is 31.2. The Kier molecular flexibility index (Phi) is 58.1. The summed E-state index contributed by atoms with van der Waals surface area (Å²) in [7, 11) is -4.84. The number of hydrogen-bond acceptors (Lipinski definition) is 37. The molecule has 0 spiro atoms. The number of carbonyl (C=O) groups is 15. The second-order valence-corrected chi connectivity index (χ2v) is 35.1. The maximum Gasteiger partial charge on any atom is 0.472 e. The van der Waals surface area contributed by atoms with Crippen LogP contribution in [0.1, 0.15) is 43.7 Å². The van der Waals surface area contributed by atoms with Crippen LogP contribution in [0.4, 0.5) is 0 Å². The Morgan fingerprint density at radius 3 is 0.841 bits per heavy atom. The predicted molar refractivity (Wildman–Crippen MR) is 484 cm³/mol. The van der Waals surface area contributed by atoms with Gasteiger partial charge in [0.1, 0.15) is 0 Å². The maximum absolute atomic E-state index is 13.3. The zero-order valence-electron chi connectivity index (χ0n) is 77.5. The molecule has 782 valence electrons. The molecule has 0 radical (unpaired) electrons. The van der Waals surface area contributed by atoms with E-state index in [1.165, 1.54) is 4.90 Å². The van der Waals surface area contributed by atoms with Crippen LogP contribution in [0.2, 0.25) is 0 Å². The van der Waals surface area contributed by atoms with Crippen LogP contribution in [0, 0.1) is 0 Å². The maximum atomic E-state index is 13.3. The summed E-state index contributed by atoms with van der Waals surface area (Å²) in [6.07, 6.45) is -0.507. The highest BCUT2D eigenvalue weighted by Gasteiger charge is 2.42. The molecule has 2 aromatic rings. The number of phosphoric acid groups is 1. The van der Waals surface area contributed by atoms with Gasteiger partial charge in [-0.15, -0.1) is 0 Å². The topological polar surface area (TPSA) is 745 Å². The van der Waals surface area contributed by atoms with Gasteiger partial charge in [0.15, 0.2) is 0 Å². The van der Waals surface area contributed by atoms with Crippen LogP contribution in [0.3, 0.4) is 0 Å². The second-order valence-electron chi connectivity index (χ2n) is 33.7. The van der Waals surface area contributed by atoms with Crippen LogP contribution >= 0.6 is 7.82 Å². The van der Waals surface area contributed by atoms with Crippen LogP contribution < -0.4 is 0 Å². The van der Waals surface area contributed by atoms with E-state index >= 15 is 0 Å². The minimum atomic E-state index is -4.84. The van der Waals surface area contributed by atoms with Crippen molar-refractivity contribution in [2.75, 3.05) is 301 Å². The van der Waals surface area contributed by atoms with Crippen molar-refractivity contribution in [2.45, 2.75) is 68.4 Å². The van der Waals surface area contributed by atoms with Crippen LogP contribution in [0.15, 0.2) is 60.7 Å². The first kappa shape index (κ1) is 122. The Morgan fingerprint density at radius 1 is 0.355 bits per heavy atom. The molecule has 3 aliphatic heterocycles. The Hall–Kier alpha value is -10.2. The van der Waals surface area contributed by atoms with Crippen LogP contribution in [0.25, 0.3) is 0 Å². The average molecular weight is 2000 g/mol. The van der Waals surface area contributed by atoms with Gasteiger partial charge in [0.05, 0.1) is 142 Å². The lowest BCUT2D eigenvalue weighted by molar-refractivity contribution is -0.145. The minimum absolute atomic E-state index is 0.144. The highest BCUT2D eigenvalue weighted by molar-refractivity contribution is 7.47. The molecule has 54 heteroatoms. The number of aliphatic carboxylic acids is 15. The van der Waals surface area contributed by atoms with Gasteiger partial charge in [-0.05, 0) is 43.7 Å². The molecule has 5 unspecified atom stereocenters. The third-order valence-corrected chi connectivity index (χ3v) is 23.8. The summed E-state index contributed by atoms with van der Waals surface area (Å²) in [6.45, 7) is 1.62. The number of aliphatic hydroxyl groups excluding tert-OH is 4. The van der Waals surface area contributed by atoms with Gasteiger partial charge >= 0.3 is 97.4 Å². The summed E-state index contributed by atoms with van der Waals surface area (Å²) < 4.78 is 24.2. The highest BCUT2D eigenvalue weighted by Crippen LogP contribution is 2.51. The molecule has 5 atom stereocenters. The van der Waals surface area contributed by atoms with Crippen molar-refractivity contribution in [1.82, 2.24) is 73.5 Å². The largest absolute Gasteiger partial charge is 0.480 e. The molecule has 2 aromatic carbocycles. The number of β-amino-alcohol motifs (C(OH)–C–C–N with tert-alkyl or cyclic N) is 1. The van der Waals surface area contributed by atoms with Gasteiger partial charge in [0.25, 0.3) is 0 Å². The molecule has 0 aromatic heterocycles. The molecular weight excluding hydrogens is 1860 g/mol. The number of hydrogen-bond donors (Lipinski definition) is 20. The Balaban J connectivity index is 0.000000493. The quantitative estimate of drug-likeness (QED) is 0.0274. The van der Waals surface area contributed by atoms with Crippen molar-refractivity contribution < 1.29 is 187 Å². The van der Waals surface area contributed by atoms with Crippen molar-refractivity contribution in [3.8, 4) is 0 Å². The number of rotatable bonds is 49. The zero-order chi connectivity index (χ0) is 103. The number of benzene rings is 2. The second kappa shape index (κ2) is 65.7. The summed E-state index contributed by atoms with van der Waals surface area (Å²) >= 11 is 0. The minimum Gasteiger partial charge on any atom is -0.480 e. The summed E-state index contributed by atoms with van der Waals surface area (Å²) in [5.41, 5.74) is 1.83. The monoisotopic (exact) mass is 2000 g/mol. The molecule has 4 aliphatic rings. The molecule has 0 amide bonds. The third kappa shape index (κ3) is 54.4. The van der Waals surface area contributed by atoms with E-state index in [-0.39, 0.29) is 136 Å². The Labute approximate surface area is 796 Å². The fraction of sp³-hybridized carbons (Fsp3) is 0.679. The summed E-state index contributed by atoms with van der Waals surface area (Å²) in [5.74, 6) is -17.0. The van der Waals surface area contributed by atoms with E-state index in [4.69, 9.17) is 60.1 Å². The standard InChI is InChI=1S/C33H44N3O14P.C18H34N4O9.C17H32N4O7.C16H28N4O8/c37-28(38)18-34(15-16-35(19-29(39)40)20-30(41)42)17-26(36(21-31(43)44)22-32(45)46)23-49-51(47,48)50-27-11-13-33(14-12-27,24-7-3-1-4-8-24)25-9-5-2-6-10-25;23-12-14(15(25)13-24)22-7-5-20(10-17(28)29)3-1-19(9-16(26)27)2-4-21(6-8-22)11-18(30)31;1-14(22)10-18-2-4-19(11-15(23)24)6-8-21(13-17(27)28)9-7-20(5-3-18)12-16(25)26;21-13(22)9-17-1-2-18(10-14(23)24)5-6-20(12-16(27)28)8-7-19(4-3-17)11-15(25)26/h1-10,26-27H,11-23H2,(H,37,38)(H,39,40)(H,41,42)(H,43,44)(H,45,46)(H,47,48);14-15,23-25H,1-13H2,(H,26,27)(H,28,29)(H,30,31);14,22H,2-13H2,1H3,(H,23,24)(H,25,26)(H,27,28);1-12H2,(H,21,22)(H,23,24)(H,25,26)(H,27,28). The Morgan fingerprint density at radius 2 is 0.601 bits per heavy atom. The first-order valence-corrected chi connectivity index (χ1v) is 46.0. The fourth-order valence-electron chi connectivity index (χ4n) is 16.1. The molecule has 4 fully saturated rings. The van der Waals surface area contributed by atoms with Crippen molar-refractivity contribution in [2.24, 2.45) is 0 Å². The third-order valence-electron chi connectivity index (χ3n) is 22.8. The van der Waals surface area contributed by atoms with E-state index in [2.05, 4.69) is 0 Å². The van der Waals surface area contributed by atoms with Gasteiger partial charge in [0.2, 0.25) is 0 Å². The van der Waals surface area contributed by atoms with Crippen LogP contribution in [-0.2, 0) is 90.9 Å². The first-order valence-electron chi connectivity index (χ1n) is 44.6. The van der Waals surface area contributed by atoms with E-state index < -0.39 is 187 Å². The van der Waals surface area contributed by atoms with Crippen LogP contribution in [0.5, 0.6) is 0 Å². The molecule has 6 rings (SSSR count). The van der Waals surface area contributed by atoms with E-state index in [1.807, 2.05) is 65.6 Å². The van der Waals surface area contributed by atoms with E-state index in [0.29, 0.717) is 137 Å². The molecule has 0 bridgehead atoms. The lowest BCUT2D eigenvalue weighted by Gasteiger charge is -2.41. The molecule has 138 heavy (non-hydrogen) atoms. The number of carboxylic acid groups (broad SMARTS) is 15. The molecule has 20 N–H and O–H groups in total. The van der Waals surface area contributed by atoms with Gasteiger partial charge in [-0.3, -0.25) is 154 Å².